The second-order valence-electron chi connectivity index (χ2n) is 3.87. The first-order chi connectivity index (χ1) is 7.72. The Labute approximate surface area is 96.6 Å². The van der Waals surface area contributed by atoms with Gasteiger partial charge < -0.3 is 5.11 Å². The number of hydrogen-bond acceptors (Lipinski definition) is 1. The molecule has 0 aliphatic heterocycles. The number of unbranched alkanes of at least 4 members (excludes halogenated alkanes) is 2. The lowest BCUT2D eigenvalue weighted by molar-refractivity contribution is -0.131. The molecule has 1 aromatic rings. The van der Waals surface area contributed by atoms with Gasteiger partial charge in [0.05, 0.1) is 0 Å². The highest BCUT2D eigenvalue weighted by Crippen LogP contribution is 2.09. The molecular weight excluding hydrogens is 200 g/mol. The quantitative estimate of drug-likeness (QED) is 0.586. The SMILES string of the molecule is CCCCCc1ccc(C=CC(=O)O)cc1. The van der Waals surface area contributed by atoms with E-state index in [0.29, 0.717) is 0 Å². The predicted molar refractivity (Wildman–Crippen MR) is 66.3 cm³/mol. The number of rotatable bonds is 6. The van der Waals surface area contributed by atoms with Gasteiger partial charge in [-0.15, -0.1) is 0 Å². The maximum Gasteiger partial charge on any atom is 0.328 e. The second kappa shape index (κ2) is 6.83. The van der Waals surface area contributed by atoms with Crippen molar-refractivity contribution in [2.75, 3.05) is 0 Å². The average molecular weight is 218 g/mol. The third kappa shape index (κ3) is 4.78. The molecule has 1 N–H and O–H groups in total. The second-order valence-corrected chi connectivity index (χ2v) is 3.87. The van der Waals surface area contributed by atoms with E-state index in [9.17, 15) is 4.79 Å². The fourth-order valence-corrected chi connectivity index (χ4v) is 1.54. The molecular formula is C14H18O2. The van der Waals surface area contributed by atoms with Crippen LogP contribution in [0, 0.1) is 0 Å². The maximum atomic E-state index is 10.3. The van der Waals surface area contributed by atoms with E-state index in [4.69, 9.17) is 5.11 Å². The summed E-state index contributed by atoms with van der Waals surface area (Å²) >= 11 is 0. The standard InChI is InChI=1S/C14H18O2/c1-2-3-4-5-12-6-8-13(9-7-12)10-11-14(15)16/h6-11H,2-5H2,1H3,(H,15,16). The van der Waals surface area contributed by atoms with Gasteiger partial charge in [0.25, 0.3) is 0 Å². The van der Waals surface area contributed by atoms with Crippen LogP contribution in [0.5, 0.6) is 0 Å². The fraction of sp³-hybridized carbons (Fsp3) is 0.357. The van der Waals surface area contributed by atoms with Gasteiger partial charge in [0.1, 0.15) is 0 Å². The van der Waals surface area contributed by atoms with Crippen LogP contribution in [0.4, 0.5) is 0 Å². The van der Waals surface area contributed by atoms with Crippen LogP contribution in [0.25, 0.3) is 6.08 Å². The van der Waals surface area contributed by atoms with Crippen molar-refractivity contribution in [3.8, 4) is 0 Å². The highest BCUT2D eigenvalue weighted by molar-refractivity contribution is 5.85. The molecule has 0 amide bonds. The van der Waals surface area contributed by atoms with Crippen LogP contribution in [-0.2, 0) is 11.2 Å². The molecule has 1 aromatic carbocycles. The first-order valence-corrected chi connectivity index (χ1v) is 5.72. The zero-order chi connectivity index (χ0) is 11.8. The van der Waals surface area contributed by atoms with E-state index < -0.39 is 5.97 Å². The molecule has 0 radical (unpaired) electrons. The Balaban J connectivity index is 2.51. The first-order valence-electron chi connectivity index (χ1n) is 5.72. The van der Waals surface area contributed by atoms with E-state index in [1.165, 1.54) is 24.8 Å². The van der Waals surface area contributed by atoms with Crippen LogP contribution >= 0.6 is 0 Å². The Kier molecular flexibility index (Phi) is 5.34. The van der Waals surface area contributed by atoms with Gasteiger partial charge >= 0.3 is 5.97 Å². The molecule has 0 spiro atoms. The molecule has 0 saturated heterocycles. The third-order valence-electron chi connectivity index (χ3n) is 2.47. The third-order valence-corrected chi connectivity index (χ3v) is 2.47. The lowest BCUT2D eigenvalue weighted by Gasteiger charge is -2.01. The van der Waals surface area contributed by atoms with Gasteiger partial charge in [0.2, 0.25) is 0 Å². The largest absolute Gasteiger partial charge is 0.478 e. The molecule has 16 heavy (non-hydrogen) atoms. The first kappa shape index (κ1) is 12.5. The molecule has 0 heterocycles. The van der Waals surface area contributed by atoms with Crippen molar-refractivity contribution in [3.63, 3.8) is 0 Å². The van der Waals surface area contributed by atoms with Gasteiger partial charge in [-0.2, -0.15) is 0 Å². The van der Waals surface area contributed by atoms with Crippen molar-refractivity contribution in [3.05, 3.63) is 41.5 Å². The Bertz CT molecular complexity index is 350. The Morgan fingerprint density at radius 2 is 1.94 bits per heavy atom. The summed E-state index contributed by atoms with van der Waals surface area (Å²) in [6.07, 6.45) is 7.60. The van der Waals surface area contributed by atoms with E-state index >= 15 is 0 Å². The minimum atomic E-state index is -0.910. The fourth-order valence-electron chi connectivity index (χ4n) is 1.54. The number of aliphatic carboxylic acids is 1. The zero-order valence-electron chi connectivity index (χ0n) is 9.65. The van der Waals surface area contributed by atoms with Gasteiger partial charge in [-0.05, 0) is 30.0 Å². The minimum absolute atomic E-state index is 0.910. The molecule has 86 valence electrons. The van der Waals surface area contributed by atoms with Crippen molar-refractivity contribution >= 4 is 12.0 Å². The molecule has 0 bridgehead atoms. The topological polar surface area (TPSA) is 37.3 Å². The molecule has 0 aliphatic rings. The molecule has 0 fully saturated rings. The van der Waals surface area contributed by atoms with Crippen LogP contribution in [0.3, 0.4) is 0 Å². The highest BCUT2D eigenvalue weighted by Gasteiger charge is 1.93. The zero-order valence-corrected chi connectivity index (χ0v) is 9.65. The minimum Gasteiger partial charge on any atom is -0.478 e. The van der Waals surface area contributed by atoms with Gasteiger partial charge in [-0.25, -0.2) is 4.79 Å². The number of aryl methyl sites for hydroxylation is 1. The summed E-state index contributed by atoms with van der Waals surface area (Å²) < 4.78 is 0. The van der Waals surface area contributed by atoms with Gasteiger partial charge in [0, 0.05) is 6.08 Å². The molecule has 0 aromatic heterocycles. The summed E-state index contributed by atoms with van der Waals surface area (Å²) in [6.45, 7) is 2.19. The van der Waals surface area contributed by atoms with Crippen molar-refractivity contribution in [2.45, 2.75) is 32.6 Å². The average Bonchev–Trinajstić information content (AvgIpc) is 2.28. The molecule has 0 aliphatic carbocycles. The van der Waals surface area contributed by atoms with Crippen molar-refractivity contribution in [1.29, 1.82) is 0 Å². The molecule has 0 saturated carbocycles. The summed E-state index contributed by atoms with van der Waals surface area (Å²) in [7, 11) is 0. The molecule has 0 atom stereocenters. The summed E-state index contributed by atoms with van der Waals surface area (Å²) in [5, 5.41) is 8.49. The summed E-state index contributed by atoms with van der Waals surface area (Å²) in [5.41, 5.74) is 2.25. The Hall–Kier alpha value is -1.57. The highest BCUT2D eigenvalue weighted by atomic mass is 16.4. The normalized spacial score (nSPS) is 10.8. The lowest BCUT2D eigenvalue weighted by Crippen LogP contribution is -1.87. The predicted octanol–water partition coefficient (Wildman–Crippen LogP) is 3.52. The number of carboxylic acid groups (broad SMARTS) is 1. The van der Waals surface area contributed by atoms with E-state index in [1.807, 2.05) is 12.1 Å². The number of benzene rings is 1. The van der Waals surface area contributed by atoms with Gasteiger partial charge in [-0.3, -0.25) is 0 Å². The van der Waals surface area contributed by atoms with Crippen molar-refractivity contribution in [2.24, 2.45) is 0 Å². The van der Waals surface area contributed by atoms with Crippen LogP contribution in [-0.4, -0.2) is 11.1 Å². The molecule has 1 rings (SSSR count). The van der Waals surface area contributed by atoms with Gasteiger partial charge in [-0.1, -0.05) is 44.0 Å². The van der Waals surface area contributed by atoms with E-state index in [1.54, 1.807) is 6.08 Å². The molecule has 2 heteroatoms. The van der Waals surface area contributed by atoms with E-state index in [0.717, 1.165) is 18.1 Å². The number of carboxylic acids is 1. The lowest BCUT2D eigenvalue weighted by atomic mass is 10.1. The van der Waals surface area contributed by atoms with Crippen LogP contribution in [0.2, 0.25) is 0 Å². The van der Waals surface area contributed by atoms with Crippen LogP contribution < -0.4 is 0 Å². The van der Waals surface area contributed by atoms with E-state index in [2.05, 4.69) is 19.1 Å². The summed E-state index contributed by atoms with van der Waals surface area (Å²) in [5.74, 6) is -0.910. The molecule has 2 nitrogen and oxygen atoms in total. The number of carbonyl (C=O) groups is 1. The van der Waals surface area contributed by atoms with Crippen molar-refractivity contribution in [1.82, 2.24) is 0 Å². The summed E-state index contributed by atoms with van der Waals surface area (Å²) in [4.78, 5) is 10.3. The Morgan fingerprint density at radius 3 is 2.50 bits per heavy atom. The maximum absolute atomic E-state index is 10.3. The van der Waals surface area contributed by atoms with Crippen LogP contribution in [0.15, 0.2) is 30.3 Å². The Morgan fingerprint density at radius 1 is 1.25 bits per heavy atom. The van der Waals surface area contributed by atoms with Crippen LogP contribution in [0.1, 0.15) is 37.3 Å². The number of hydrogen-bond donors (Lipinski definition) is 1. The smallest absolute Gasteiger partial charge is 0.328 e. The van der Waals surface area contributed by atoms with E-state index in [-0.39, 0.29) is 0 Å². The van der Waals surface area contributed by atoms with Crippen molar-refractivity contribution < 1.29 is 9.90 Å². The monoisotopic (exact) mass is 218 g/mol. The van der Waals surface area contributed by atoms with Gasteiger partial charge in [0.15, 0.2) is 0 Å². The molecule has 0 unspecified atom stereocenters. The summed E-state index contributed by atoms with van der Waals surface area (Å²) in [6, 6.07) is 8.05.